The number of hydrogen-bond donors (Lipinski definition) is 3. The molecule has 0 unspecified atom stereocenters. The second-order valence-corrected chi connectivity index (χ2v) is 17.2. The van der Waals surface area contributed by atoms with Crippen LogP contribution in [0.5, 0.6) is 0 Å². The number of aryl methyl sites for hydroxylation is 2. The van der Waals surface area contributed by atoms with Gasteiger partial charge in [0, 0.05) is 89.7 Å². The van der Waals surface area contributed by atoms with Crippen LogP contribution in [0.25, 0.3) is 0 Å². The minimum atomic E-state index is -3.17. The van der Waals surface area contributed by atoms with Gasteiger partial charge in [-0.1, -0.05) is 37.0 Å². The minimum absolute atomic E-state index is 0.117. The number of nitrogens with zero attached hydrogens (tertiary/aromatic N) is 11. The molecule has 4 aliphatic rings. The SMILES string of the molecule is Cn1cc(Nc2ncc(Cl)c(N3C[C@@H]4CN(S(C)(=O)=O)C[C@]4(C)C3)n2)cn1.Cn1cc(Nc2ncc(Cl)c(N3C[C@@H]4CNC[C@]4(C)C3)n2)cn1. The lowest BCUT2D eigenvalue weighted by Crippen LogP contribution is -2.35. The first-order chi connectivity index (χ1) is 23.7. The summed E-state index contributed by atoms with van der Waals surface area (Å²) in [5.41, 5.74) is 1.83. The number of anilines is 6. The van der Waals surface area contributed by atoms with Gasteiger partial charge in [-0.25, -0.2) is 22.7 Å². The first kappa shape index (κ1) is 34.7. The van der Waals surface area contributed by atoms with Crippen LogP contribution in [-0.4, -0.2) is 111 Å². The van der Waals surface area contributed by atoms with Crippen LogP contribution in [0.3, 0.4) is 0 Å². The van der Waals surface area contributed by atoms with Crippen LogP contribution in [0.15, 0.2) is 37.2 Å². The lowest BCUT2D eigenvalue weighted by atomic mass is 9.83. The molecule has 268 valence electrons. The molecule has 0 amide bonds. The smallest absolute Gasteiger partial charge is 0.229 e. The third-order valence-corrected chi connectivity index (χ3v) is 12.0. The number of hydrogen-bond acceptors (Lipinski definition) is 13. The van der Waals surface area contributed by atoms with Crippen molar-refractivity contribution in [1.29, 1.82) is 0 Å². The van der Waals surface area contributed by atoms with E-state index < -0.39 is 10.0 Å². The summed E-state index contributed by atoms with van der Waals surface area (Å²) in [7, 11) is 0.541. The number of halogens is 2. The highest BCUT2D eigenvalue weighted by atomic mass is 35.5. The van der Waals surface area contributed by atoms with E-state index in [-0.39, 0.29) is 11.3 Å². The molecule has 4 aromatic heterocycles. The molecule has 0 bridgehead atoms. The Morgan fingerprint density at radius 1 is 0.780 bits per heavy atom. The summed E-state index contributed by atoms with van der Waals surface area (Å²) in [6.07, 6.45) is 11.7. The minimum Gasteiger partial charge on any atom is -0.354 e. The normalized spacial score (nSPS) is 26.1. The number of fused-ring (bicyclic) bond motifs is 2. The van der Waals surface area contributed by atoms with Crippen LogP contribution in [0.1, 0.15) is 13.8 Å². The Bertz CT molecular complexity index is 1990. The Balaban J connectivity index is 0.000000159. The van der Waals surface area contributed by atoms with E-state index in [1.165, 1.54) is 6.26 Å². The van der Waals surface area contributed by atoms with E-state index in [1.807, 2.05) is 26.5 Å². The molecule has 19 heteroatoms. The maximum absolute atomic E-state index is 11.9. The van der Waals surface area contributed by atoms with Crippen LogP contribution in [-0.2, 0) is 24.1 Å². The number of aromatic nitrogens is 8. The lowest BCUT2D eigenvalue weighted by molar-refractivity contribution is 0.329. The topological polar surface area (TPSA) is 167 Å². The Morgan fingerprint density at radius 3 is 1.76 bits per heavy atom. The van der Waals surface area contributed by atoms with Crippen molar-refractivity contribution >= 4 is 68.1 Å². The van der Waals surface area contributed by atoms with E-state index in [9.17, 15) is 8.42 Å². The van der Waals surface area contributed by atoms with Gasteiger partial charge < -0.3 is 25.8 Å². The summed E-state index contributed by atoms with van der Waals surface area (Å²) in [5, 5.41) is 19.1. The van der Waals surface area contributed by atoms with Gasteiger partial charge in [0.15, 0.2) is 11.6 Å². The standard InChI is InChI=1S/C16H22ClN7O2S.C15H20ClN7/c1-16-9-23(6-11(16)7-24(10-16)27(3,25)26)14-13(17)5-18-15(21-14)20-12-4-19-22(2)8-12;1-15-8-17-3-10(15)6-23(9-15)13-12(16)5-18-14(21-13)20-11-4-19-22(2)7-11/h4-5,8,11H,6-7,9-10H2,1-3H3,(H,18,20,21);4-5,7,10,17H,3,6,8-9H2,1-2H3,(H,18,20,21)/t11-,16+;10-,15+/m10/s1. The van der Waals surface area contributed by atoms with Crippen molar-refractivity contribution in [3.8, 4) is 0 Å². The van der Waals surface area contributed by atoms with E-state index in [0.717, 1.165) is 43.4 Å². The van der Waals surface area contributed by atoms with Crippen molar-refractivity contribution in [3.63, 3.8) is 0 Å². The molecule has 3 N–H and O–H groups in total. The Kier molecular flexibility index (Phi) is 9.07. The predicted octanol–water partition coefficient (Wildman–Crippen LogP) is 2.98. The zero-order valence-corrected chi connectivity index (χ0v) is 31.0. The predicted molar refractivity (Wildman–Crippen MR) is 194 cm³/mol. The third-order valence-electron chi connectivity index (χ3n) is 10.3. The quantitative estimate of drug-likeness (QED) is 0.253. The molecule has 8 rings (SSSR count). The van der Waals surface area contributed by atoms with Gasteiger partial charge in [0.05, 0.1) is 42.4 Å². The first-order valence-electron chi connectivity index (χ1n) is 16.4. The van der Waals surface area contributed by atoms with Crippen LogP contribution in [0.2, 0.25) is 10.0 Å². The number of sulfonamides is 1. The van der Waals surface area contributed by atoms with Crippen LogP contribution >= 0.6 is 23.2 Å². The van der Waals surface area contributed by atoms with Crippen LogP contribution in [0, 0.1) is 22.7 Å². The van der Waals surface area contributed by atoms with Crippen molar-refractivity contribution in [2.75, 3.05) is 79.0 Å². The molecule has 16 nitrogen and oxygen atoms in total. The van der Waals surface area contributed by atoms with E-state index in [4.69, 9.17) is 23.2 Å². The van der Waals surface area contributed by atoms with Crippen molar-refractivity contribution in [1.82, 2.24) is 49.1 Å². The largest absolute Gasteiger partial charge is 0.354 e. The van der Waals surface area contributed by atoms with Gasteiger partial charge in [-0.3, -0.25) is 9.36 Å². The highest BCUT2D eigenvalue weighted by molar-refractivity contribution is 7.88. The summed E-state index contributed by atoms with van der Waals surface area (Å²) in [4.78, 5) is 22.1. The van der Waals surface area contributed by atoms with Crippen LogP contribution < -0.4 is 25.8 Å². The van der Waals surface area contributed by atoms with Crippen molar-refractivity contribution < 1.29 is 8.42 Å². The summed E-state index contributed by atoms with van der Waals surface area (Å²) < 4.78 is 28.8. The molecule has 4 atom stereocenters. The zero-order chi connectivity index (χ0) is 35.4. The van der Waals surface area contributed by atoms with Gasteiger partial charge in [-0.15, -0.1) is 0 Å². The van der Waals surface area contributed by atoms with Gasteiger partial charge in [-0.05, 0) is 11.8 Å². The number of rotatable bonds is 7. The molecule has 4 aliphatic heterocycles. The third kappa shape index (κ3) is 7.06. The van der Waals surface area contributed by atoms with E-state index in [1.54, 1.807) is 38.5 Å². The van der Waals surface area contributed by atoms with Gasteiger partial charge >= 0.3 is 0 Å². The van der Waals surface area contributed by atoms with Crippen molar-refractivity contribution in [3.05, 3.63) is 47.2 Å². The zero-order valence-electron chi connectivity index (χ0n) is 28.7. The second-order valence-electron chi connectivity index (χ2n) is 14.4. The molecular formula is C31H42Cl2N14O2S. The summed E-state index contributed by atoms with van der Waals surface area (Å²) in [6.45, 7) is 11.0. The van der Waals surface area contributed by atoms with Gasteiger partial charge in [0.25, 0.3) is 0 Å². The van der Waals surface area contributed by atoms with Crippen LogP contribution in [0.4, 0.5) is 34.9 Å². The molecular weight excluding hydrogens is 703 g/mol. The van der Waals surface area contributed by atoms with Gasteiger partial charge in [0.2, 0.25) is 21.9 Å². The van der Waals surface area contributed by atoms with Gasteiger partial charge in [-0.2, -0.15) is 20.2 Å². The van der Waals surface area contributed by atoms with E-state index >= 15 is 0 Å². The molecule has 0 aromatic carbocycles. The van der Waals surface area contributed by atoms with Gasteiger partial charge in [0.1, 0.15) is 10.0 Å². The molecule has 4 saturated heterocycles. The number of nitrogens with one attached hydrogen (secondary N) is 3. The molecule has 0 spiro atoms. The van der Waals surface area contributed by atoms with Crippen molar-refractivity contribution in [2.45, 2.75) is 13.8 Å². The molecule has 4 fully saturated rings. The Morgan fingerprint density at radius 2 is 1.30 bits per heavy atom. The molecule has 8 heterocycles. The average molecular weight is 746 g/mol. The molecule has 50 heavy (non-hydrogen) atoms. The molecule has 0 radical (unpaired) electrons. The fourth-order valence-corrected chi connectivity index (χ4v) is 8.93. The summed E-state index contributed by atoms with van der Waals surface area (Å²) >= 11 is 12.7. The summed E-state index contributed by atoms with van der Waals surface area (Å²) in [6, 6.07) is 0. The molecule has 0 saturated carbocycles. The lowest BCUT2D eigenvalue weighted by Gasteiger charge is -2.25. The first-order valence-corrected chi connectivity index (χ1v) is 19.0. The highest BCUT2D eigenvalue weighted by Crippen LogP contribution is 2.45. The summed E-state index contributed by atoms with van der Waals surface area (Å²) in [5.74, 6) is 3.35. The highest BCUT2D eigenvalue weighted by Gasteiger charge is 2.52. The fraction of sp³-hybridized carbons (Fsp3) is 0.548. The van der Waals surface area contributed by atoms with Crippen molar-refractivity contribution in [2.24, 2.45) is 36.8 Å². The molecule has 4 aromatic rings. The van der Waals surface area contributed by atoms with E-state index in [2.05, 4.69) is 69.7 Å². The fourth-order valence-electron chi connectivity index (χ4n) is 7.53. The maximum atomic E-state index is 11.9. The monoisotopic (exact) mass is 744 g/mol. The second kappa shape index (κ2) is 13.1. The molecule has 0 aliphatic carbocycles. The Hall–Kier alpha value is -3.77. The average Bonchev–Trinajstić information content (AvgIpc) is 3.88. The Labute approximate surface area is 301 Å². The maximum Gasteiger partial charge on any atom is 0.229 e. The van der Waals surface area contributed by atoms with E-state index in [0.29, 0.717) is 65.3 Å².